The summed E-state index contributed by atoms with van der Waals surface area (Å²) in [5.41, 5.74) is 0. The van der Waals surface area contributed by atoms with E-state index in [1.807, 2.05) is 0 Å². The first-order valence-electron chi connectivity index (χ1n) is 5.78. The van der Waals surface area contributed by atoms with Crippen molar-refractivity contribution in [1.29, 1.82) is 0 Å². The SMILES string of the molecule is O[C@@H]1CC[C@@H]2CCCC3(OCCO3)[C@H]21. The lowest BCUT2D eigenvalue weighted by molar-refractivity contribution is -0.236. The number of aliphatic hydroxyl groups excluding tert-OH is 1. The van der Waals surface area contributed by atoms with Crippen LogP contribution in [0.4, 0.5) is 0 Å². The molecule has 80 valence electrons. The highest BCUT2D eigenvalue weighted by atomic mass is 16.7. The Hall–Kier alpha value is -0.120. The zero-order valence-electron chi connectivity index (χ0n) is 8.45. The molecule has 3 nitrogen and oxygen atoms in total. The summed E-state index contributed by atoms with van der Waals surface area (Å²) in [4.78, 5) is 0. The third-order valence-electron chi connectivity index (χ3n) is 4.14. The topological polar surface area (TPSA) is 38.7 Å². The lowest BCUT2D eigenvalue weighted by Crippen LogP contribution is -2.48. The van der Waals surface area contributed by atoms with Gasteiger partial charge in [0.15, 0.2) is 5.79 Å². The Labute approximate surface area is 84.4 Å². The lowest BCUT2D eigenvalue weighted by Gasteiger charge is -2.42. The normalized spacial score (nSPS) is 45.6. The molecule has 0 aromatic carbocycles. The molecule has 0 aromatic rings. The second-order valence-electron chi connectivity index (χ2n) is 4.83. The van der Waals surface area contributed by atoms with Crippen LogP contribution in [0, 0.1) is 11.8 Å². The minimum absolute atomic E-state index is 0.196. The number of fused-ring (bicyclic) bond motifs is 2. The molecule has 1 N–H and O–H groups in total. The van der Waals surface area contributed by atoms with E-state index in [4.69, 9.17) is 9.47 Å². The zero-order chi connectivity index (χ0) is 9.60. The molecule has 14 heavy (non-hydrogen) atoms. The van der Waals surface area contributed by atoms with Crippen LogP contribution in [0.25, 0.3) is 0 Å². The third kappa shape index (κ3) is 1.16. The van der Waals surface area contributed by atoms with Gasteiger partial charge in [0.2, 0.25) is 0 Å². The predicted molar refractivity (Wildman–Crippen MR) is 50.7 cm³/mol. The van der Waals surface area contributed by atoms with E-state index >= 15 is 0 Å². The van der Waals surface area contributed by atoms with Gasteiger partial charge in [-0.1, -0.05) is 0 Å². The predicted octanol–water partition coefficient (Wildman–Crippen LogP) is 1.30. The summed E-state index contributed by atoms with van der Waals surface area (Å²) < 4.78 is 11.6. The van der Waals surface area contributed by atoms with Crippen LogP contribution in [-0.4, -0.2) is 30.2 Å². The van der Waals surface area contributed by atoms with E-state index < -0.39 is 5.79 Å². The first-order valence-corrected chi connectivity index (χ1v) is 5.78. The van der Waals surface area contributed by atoms with Crippen LogP contribution in [0.1, 0.15) is 32.1 Å². The van der Waals surface area contributed by atoms with Gasteiger partial charge in [-0.2, -0.15) is 0 Å². The average molecular weight is 198 g/mol. The molecule has 0 aromatic heterocycles. The lowest BCUT2D eigenvalue weighted by atomic mass is 9.76. The highest BCUT2D eigenvalue weighted by Gasteiger charge is 2.55. The van der Waals surface area contributed by atoms with E-state index in [-0.39, 0.29) is 12.0 Å². The minimum atomic E-state index is -0.404. The van der Waals surface area contributed by atoms with Gasteiger partial charge in [0.25, 0.3) is 0 Å². The van der Waals surface area contributed by atoms with Crippen LogP contribution >= 0.6 is 0 Å². The Balaban J connectivity index is 1.88. The van der Waals surface area contributed by atoms with Crippen LogP contribution < -0.4 is 0 Å². The van der Waals surface area contributed by atoms with Gasteiger partial charge < -0.3 is 14.6 Å². The summed E-state index contributed by atoms with van der Waals surface area (Å²) in [5.74, 6) is 0.481. The van der Waals surface area contributed by atoms with Gasteiger partial charge in [-0.3, -0.25) is 0 Å². The number of rotatable bonds is 0. The highest BCUT2D eigenvalue weighted by molar-refractivity contribution is 4.99. The Kier molecular flexibility index (Phi) is 2.08. The van der Waals surface area contributed by atoms with Crippen LogP contribution in [0.2, 0.25) is 0 Å². The fourth-order valence-corrected chi connectivity index (χ4v) is 3.62. The molecule has 3 fully saturated rings. The third-order valence-corrected chi connectivity index (χ3v) is 4.14. The zero-order valence-corrected chi connectivity index (χ0v) is 8.45. The van der Waals surface area contributed by atoms with E-state index in [0.29, 0.717) is 19.1 Å². The van der Waals surface area contributed by atoms with Gasteiger partial charge in [-0.05, 0) is 31.6 Å². The van der Waals surface area contributed by atoms with Crippen molar-refractivity contribution < 1.29 is 14.6 Å². The molecule has 1 heterocycles. The summed E-state index contributed by atoms with van der Waals surface area (Å²) in [6, 6.07) is 0. The first kappa shape index (κ1) is 9.13. The van der Waals surface area contributed by atoms with Crippen LogP contribution in [0.5, 0.6) is 0 Å². The summed E-state index contributed by atoms with van der Waals surface area (Å²) >= 11 is 0. The second kappa shape index (κ2) is 3.19. The maximum atomic E-state index is 9.99. The second-order valence-corrected chi connectivity index (χ2v) is 4.83. The van der Waals surface area contributed by atoms with Gasteiger partial charge >= 0.3 is 0 Å². The van der Waals surface area contributed by atoms with Crippen molar-refractivity contribution in [1.82, 2.24) is 0 Å². The van der Waals surface area contributed by atoms with Crippen LogP contribution in [0.15, 0.2) is 0 Å². The van der Waals surface area contributed by atoms with E-state index in [1.165, 1.54) is 12.8 Å². The van der Waals surface area contributed by atoms with Gasteiger partial charge in [-0.25, -0.2) is 0 Å². The van der Waals surface area contributed by atoms with Crippen LogP contribution in [-0.2, 0) is 9.47 Å². The van der Waals surface area contributed by atoms with Crippen LogP contribution in [0.3, 0.4) is 0 Å². The Morgan fingerprint density at radius 2 is 1.86 bits per heavy atom. The largest absolute Gasteiger partial charge is 0.393 e. The Bertz CT molecular complexity index is 221. The molecular weight excluding hydrogens is 180 g/mol. The van der Waals surface area contributed by atoms with E-state index in [1.54, 1.807) is 0 Å². The monoisotopic (exact) mass is 198 g/mol. The standard InChI is InChI=1S/C11H18O3/c12-9-4-3-8-2-1-5-11(10(8)9)13-6-7-14-11/h8-10,12H,1-7H2/t8-,9+,10+/m0/s1. The molecule has 0 bridgehead atoms. The molecule has 3 aliphatic rings. The summed E-state index contributed by atoms with van der Waals surface area (Å²) in [5, 5.41) is 9.99. The minimum Gasteiger partial charge on any atom is -0.393 e. The molecular formula is C11H18O3. The smallest absolute Gasteiger partial charge is 0.174 e. The molecule has 1 saturated heterocycles. The van der Waals surface area contributed by atoms with Crippen molar-refractivity contribution in [2.24, 2.45) is 11.8 Å². The molecule has 1 aliphatic heterocycles. The summed E-state index contributed by atoms with van der Waals surface area (Å²) in [6.07, 6.45) is 5.30. The maximum absolute atomic E-state index is 9.99. The number of aliphatic hydroxyl groups is 1. The molecule has 3 rings (SSSR count). The van der Waals surface area contributed by atoms with Crippen molar-refractivity contribution in [3.05, 3.63) is 0 Å². The van der Waals surface area contributed by atoms with Crippen molar-refractivity contribution >= 4 is 0 Å². The highest BCUT2D eigenvalue weighted by Crippen LogP contribution is 2.51. The number of hydrogen-bond donors (Lipinski definition) is 1. The van der Waals surface area contributed by atoms with Crippen molar-refractivity contribution in [3.63, 3.8) is 0 Å². The Morgan fingerprint density at radius 1 is 1.07 bits per heavy atom. The molecule has 1 spiro atoms. The van der Waals surface area contributed by atoms with E-state index in [2.05, 4.69) is 0 Å². The average Bonchev–Trinajstić information content (AvgIpc) is 2.76. The number of hydrogen-bond acceptors (Lipinski definition) is 3. The van der Waals surface area contributed by atoms with Gasteiger partial charge in [0, 0.05) is 12.3 Å². The quantitative estimate of drug-likeness (QED) is 0.637. The summed E-state index contributed by atoms with van der Waals surface area (Å²) in [6.45, 7) is 1.41. The molecule has 0 unspecified atom stereocenters. The molecule has 2 saturated carbocycles. The fourth-order valence-electron chi connectivity index (χ4n) is 3.62. The van der Waals surface area contributed by atoms with Crippen molar-refractivity contribution in [2.75, 3.05) is 13.2 Å². The summed E-state index contributed by atoms with van der Waals surface area (Å²) in [7, 11) is 0. The number of ether oxygens (including phenoxy) is 2. The van der Waals surface area contributed by atoms with E-state index in [9.17, 15) is 5.11 Å². The van der Waals surface area contributed by atoms with Crippen molar-refractivity contribution in [3.8, 4) is 0 Å². The Morgan fingerprint density at radius 3 is 2.64 bits per heavy atom. The molecule has 3 atom stereocenters. The van der Waals surface area contributed by atoms with Gasteiger partial charge in [-0.15, -0.1) is 0 Å². The molecule has 0 radical (unpaired) electrons. The van der Waals surface area contributed by atoms with E-state index in [0.717, 1.165) is 19.3 Å². The maximum Gasteiger partial charge on any atom is 0.174 e. The molecule has 3 heteroatoms. The molecule has 0 amide bonds. The first-order chi connectivity index (χ1) is 6.82. The van der Waals surface area contributed by atoms with Gasteiger partial charge in [0.05, 0.1) is 19.3 Å². The molecule has 2 aliphatic carbocycles. The van der Waals surface area contributed by atoms with Gasteiger partial charge in [0.1, 0.15) is 0 Å². The fraction of sp³-hybridized carbons (Fsp3) is 1.00. The van der Waals surface area contributed by atoms with Crippen molar-refractivity contribution in [2.45, 2.75) is 44.0 Å².